The van der Waals surface area contributed by atoms with Gasteiger partial charge in [0.1, 0.15) is 0 Å². The minimum absolute atomic E-state index is 0.173. The zero-order valence-corrected chi connectivity index (χ0v) is 10.4. The van der Waals surface area contributed by atoms with Crippen LogP contribution in [0.3, 0.4) is 0 Å². The van der Waals surface area contributed by atoms with Crippen LogP contribution < -0.4 is 14.2 Å². The lowest BCUT2D eigenvalue weighted by molar-refractivity contribution is 0.327. The summed E-state index contributed by atoms with van der Waals surface area (Å²) in [7, 11) is 4.64. The molecule has 0 aliphatic carbocycles. The van der Waals surface area contributed by atoms with Crippen molar-refractivity contribution in [1.29, 1.82) is 0 Å². The summed E-state index contributed by atoms with van der Waals surface area (Å²) in [5, 5.41) is 0.890. The number of hydrogen-bond acceptors (Lipinski definition) is 5. The molecule has 0 bridgehead atoms. The van der Waals surface area contributed by atoms with Crippen LogP contribution in [-0.2, 0) is 0 Å². The molecule has 90 valence electrons. The summed E-state index contributed by atoms with van der Waals surface area (Å²) in [4.78, 5) is 8.03. The third-order valence-corrected chi connectivity index (χ3v) is 2.54. The van der Waals surface area contributed by atoms with Gasteiger partial charge in [-0.05, 0) is 11.6 Å². The van der Waals surface area contributed by atoms with Crippen molar-refractivity contribution in [2.75, 3.05) is 21.3 Å². The van der Waals surface area contributed by atoms with Gasteiger partial charge in [0.05, 0.1) is 32.2 Å². The largest absolute Gasteiger partial charge is 0.493 e. The van der Waals surface area contributed by atoms with Crippen LogP contribution in [0.1, 0.15) is 0 Å². The predicted molar refractivity (Wildman–Crippen MR) is 64.2 cm³/mol. The van der Waals surface area contributed by atoms with Gasteiger partial charge in [-0.25, -0.2) is 9.97 Å². The summed E-state index contributed by atoms with van der Waals surface area (Å²) in [5.41, 5.74) is 0.638. The molecule has 0 saturated carbocycles. The van der Waals surface area contributed by atoms with E-state index in [1.807, 2.05) is 0 Å². The van der Waals surface area contributed by atoms with E-state index in [1.165, 1.54) is 0 Å². The van der Waals surface area contributed by atoms with E-state index in [2.05, 4.69) is 9.97 Å². The molecule has 1 heterocycles. The van der Waals surface area contributed by atoms with Crippen molar-refractivity contribution in [1.82, 2.24) is 9.97 Å². The molecule has 0 atom stereocenters. The fraction of sp³-hybridized carbons (Fsp3) is 0.273. The van der Waals surface area contributed by atoms with E-state index in [-0.39, 0.29) is 5.28 Å². The number of ether oxygens (including phenoxy) is 3. The number of rotatable bonds is 3. The van der Waals surface area contributed by atoms with Gasteiger partial charge in [0, 0.05) is 12.3 Å². The maximum atomic E-state index is 5.75. The van der Waals surface area contributed by atoms with Crippen LogP contribution in [0.4, 0.5) is 0 Å². The molecule has 2 rings (SSSR count). The Morgan fingerprint density at radius 2 is 1.76 bits per heavy atom. The Hall–Kier alpha value is -1.75. The van der Waals surface area contributed by atoms with Crippen molar-refractivity contribution < 1.29 is 14.2 Å². The first kappa shape index (κ1) is 11.7. The zero-order valence-electron chi connectivity index (χ0n) is 9.65. The smallest absolute Gasteiger partial charge is 0.222 e. The number of halogens is 1. The van der Waals surface area contributed by atoms with Crippen LogP contribution in [-0.4, -0.2) is 31.3 Å². The highest BCUT2D eigenvalue weighted by molar-refractivity contribution is 6.28. The maximum absolute atomic E-state index is 5.75. The van der Waals surface area contributed by atoms with E-state index in [1.54, 1.807) is 33.6 Å². The Labute approximate surface area is 103 Å². The molecule has 0 N–H and O–H groups in total. The third-order valence-electron chi connectivity index (χ3n) is 2.36. The molecule has 0 aliphatic heterocycles. The second-order valence-corrected chi connectivity index (χ2v) is 3.56. The molecule has 0 saturated heterocycles. The molecule has 6 heteroatoms. The molecule has 1 aromatic carbocycles. The van der Waals surface area contributed by atoms with Gasteiger partial charge in [-0.1, -0.05) is 0 Å². The first-order valence-electron chi connectivity index (χ1n) is 4.82. The molecular formula is C11H11ClN2O3. The van der Waals surface area contributed by atoms with E-state index in [0.29, 0.717) is 22.8 Å². The summed E-state index contributed by atoms with van der Waals surface area (Å²) < 4.78 is 15.8. The van der Waals surface area contributed by atoms with Crippen molar-refractivity contribution in [3.63, 3.8) is 0 Å². The lowest BCUT2D eigenvalue weighted by Gasteiger charge is -2.13. The molecule has 1 aromatic heterocycles. The SMILES string of the molecule is COc1cc2nc(Cl)ncc2c(OC)c1OC. The van der Waals surface area contributed by atoms with Crippen molar-refractivity contribution in [3.8, 4) is 17.2 Å². The Morgan fingerprint density at radius 1 is 1.06 bits per heavy atom. The molecule has 0 aliphatic rings. The lowest BCUT2D eigenvalue weighted by atomic mass is 10.2. The quantitative estimate of drug-likeness (QED) is 0.787. The molecule has 0 spiro atoms. The van der Waals surface area contributed by atoms with Gasteiger partial charge in [0.15, 0.2) is 11.5 Å². The van der Waals surface area contributed by atoms with Gasteiger partial charge < -0.3 is 14.2 Å². The summed E-state index contributed by atoms with van der Waals surface area (Å²) >= 11 is 5.75. The maximum Gasteiger partial charge on any atom is 0.222 e. The molecule has 17 heavy (non-hydrogen) atoms. The highest BCUT2D eigenvalue weighted by atomic mass is 35.5. The zero-order chi connectivity index (χ0) is 12.4. The Kier molecular flexibility index (Phi) is 3.19. The minimum Gasteiger partial charge on any atom is -0.493 e. The van der Waals surface area contributed by atoms with Gasteiger partial charge in [-0.15, -0.1) is 0 Å². The monoisotopic (exact) mass is 254 g/mol. The van der Waals surface area contributed by atoms with E-state index < -0.39 is 0 Å². The number of aromatic nitrogens is 2. The first-order chi connectivity index (χ1) is 8.21. The van der Waals surface area contributed by atoms with Crippen LogP contribution in [0, 0.1) is 0 Å². The van der Waals surface area contributed by atoms with E-state index in [0.717, 1.165) is 5.39 Å². The van der Waals surface area contributed by atoms with Gasteiger partial charge >= 0.3 is 0 Å². The Morgan fingerprint density at radius 3 is 2.35 bits per heavy atom. The highest BCUT2D eigenvalue weighted by Crippen LogP contribution is 2.42. The number of nitrogens with zero attached hydrogens (tertiary/aromatic N) is 2. The normalized spacial score (nSPS) is 10.4. The average molecular weight is 255 g/mol. The summed E-state index contributed by atoms with van der Waals surface area (Å²) in [5.74, 6) is 1.57. The van der Waals surface area contributed by atoms with Crippen LogP contribution in [0.5, 0.6) is 17.2 Å². The lowest BCUT2D eigenvalue weighted by Crippen LogP contribution is -1.97. The molecule has 0 radical (unpaired) electrons. The molecule has 5 nitrogen and oxygen atoms in total. The van der Waals surface area contributed by atoms with Crippen LogP contribution in [0.2, 0.25) is 5.28 Å². The molecular weight excluding hydrogens is 244 g/mol. The van der Waals surface area contributed by atoms with Gasteiger partial charge in [0.2, 0.25) is 11.0 Å². The van der Waals surface area contributed by atoms with Crippen LogP contribution in [0.25, 0.3) is 10.9 Å². The Bertz CT molecular complexity index is 560. The molecule has 2 aromatic rings. The van der Waals surface area contributed by atoms with Crippen molar-refractivity contribution in [3.05, 3.63) is 17.5 Å². The third kappa shape index (κ3) is 1.93. The second kappa shape index (κ2) is 4.63. The fourth-order valence-electron chi connectivity index (χ4n) is 1.63. The second-order valence-electron chi connectivity index (χ2n) is 3.22. The van der Waals surface area contributed by atoms with Crippen molar-refractivity contribution >= 4 is 22.5 Å². The number of benzene rings is 1. The summed E-state index contributed by atoms with van der Waals surface area (Å²) in [6.07, 6.45) is 1.59. The van der Waals surface area contributed by atoms with Crippen molar-refractivity contribution in [2.24, 2.45) is 0 Å². The highest BCUT2D eigenvalue weighted by Gasteiger charge is 2.16. The molecule has 0 fully saturated rings. The van der Waals surface area contributed by atoms with Gasteiger partial charge in [-0.2, -0.15) is 0 Å². The minimum atomic E-state index is 0.173. The molecule has 0 unspecified atom stereocenters. The summed E-state index contributed by atoms with van der Waals surface area (Å²) in [6.45, 7) is 0. The van der Waals surface area contributed by atoms with Crippen molar-refractivity contribution in [2.45, 2.75) is 0 Å². The predicted octanol–water partition coefficient (Wildman–Crippen LogP) is 2.31. The van der Waals surface area contributed by atoms with Crippen LogP contribution in [0.15, 0.2) is 12.3 Å². The number of fused-ring (bicyclic) bond motifs is 1. The van der Waals surface area contributed by atoms with Crippen LogP contribution >= 0.6 is 11.6 Å². The standard InChI is InChI=1S/C11H11ClN2O3/c1-15-8-4-7-6(5-13-11(12)14-7)9(16-2)10(8)17-3/h4-5H,1-3H3. The van der Waals surface area contributed by atoms with E-state index >= 15 is 0 Å². The van der Waals surface area contributed by atoms with Gasteiger partial charge in [-0.3, -0.25) is 0 Å². The first-order valence-corrected chi connectivity index (χ1v) is 5.20. The fourth-order valence-corrected chi connectivity index (χ4v) is 1.77. The van der Waals surface area contributed by atoms with E-state index in [4.69, 9.17) is 25.8 Å². The summed E-state index contributed by atoms with van der Waals surface area (Å²) in [6, 6.07) is 1.73. The number of hydrogen-bond donors (Lipinski definition) is 0. The number of methoxy groups -OCH3 is 3. The topological polar surface area (TPSA) is 53.5 Å². The van der Waals surface area contributed by atoms with E-state index in [9.17, 15) is 0 Å². The average Bonchev–Trinajstić information content (AvgIpc) is 2.35. The Balaban J connectivity index is 2.83. The van der Waals surface area contributed by atoms with Gasteiger partial charge in [0.25, 0.3) is 0 Å². The molecule has 0 amide bonds.